The smallest absolute Gasteiger partial charge is 0.307 e. The molecule has 0 aliphatic heterocycles. The third kappa shape index (κ3) is 1.87. The molecular weight excluding hydrogens is 154 g/mol. The van der Waals surface area contributed by atoms with E-state index in [4.69, 9.17) is 5.11 Å². The van der Waals surface area contributed by atoms with Crippen molar-refractivity contribution in [2.75, 3.05) is 0 Å². The van der Waals surface area contributed by atoms with Gasteiger partial charge in [0.15, 0.2) is 0 Å². The van der Waals surface area contributed by atoms with Crippen molar-refractivity contribution in [1.82, 2.24) is 4.98 Å². The molecule has 1 aromatic rings. The molecule has 0 aromatic carbocycles. The summed E-state index contributed by atoms with van der Waals surface area (Å²) in [5.41, 5.74) is 1.98. The van der Waals surface area contributed by atoms with Gasteiger partial charge in [-0.2, -0.15) is 0 Å². The molecule has 0 bridgehead atoms. The summed E-state index contributed by atoms with van der Waals surface area (Å²) in [6.45, 7) is 4.10. The quantitative estimate of drug-likeness (QED) is 0.720. The molecule has 1 rings (SSSR count). The van der Waals surface area contributed by atoms with Crippen molar-refractivity contribution in [1.29, 1.82) is 0 Å². The van der Waals surface area contributed by atoms with Crippen molar-refractivity contribution in [3.8, 4) is 0 Å². The van der Waals surface area contributed by atoms with Crippen molar-refractivity contribution < 1.29 is 9.90 Å². The average molecular weight is 167 g/mol. The van der Waals surface area contributed by atoms with Crippen LogP contribution in [0, 0.1) is 0 Å². The molecule has 12 heavy (non-hydrogen) atoms. The molecule has 0 radical (unpaired) electrons. The fourth-order valence-corrected chi connectivity index (χ4v) is 1.26. The summed E-state index contributed by atoms with van der Waals surface area (Å²) in [6, 6.07) is 0. The van der Waals surface area contributed by atoms with Crippen LogP contribution in [-0.2, 0) is 11.2 Å². The Kier molecular flexibility index (Phi) is 2.53. The van der Waals surface area contributed by atoms with Gasteiger partial charge in [0.25, 0.3) is 0 Å². The van der Waals surface area contributed by atoms with Crippen LogP contribution in [0.5, 0.6) is 0 Å². The van der Waals surface area contributed by atoms with E-state index in [0.29, 0.717) is 5.92 Å². The Hall–Kier alpha value is -1.25. The Morgan fingerprint density at radius 2 is 2.25 bits per heavy atom. The molecule has 0 saturated heterocycles. The summed E-state index contributed by atoms with van der Waals surface area (Å²) in [5, 5.41) is 8.58. The number of H-pyrrole nitrogens is 1. The Labute approximate surface area is 71.4 Å². The number of carboxylic acid groups (broad SMARTS) is 1. The Morgan fingerprint density at radius 3 is 2.75 bits per heavy atom. The second kappa shape index (κ2) is 3.43. The highest BCUT2D eigenvalue weighted by Crippen LogP contribution is 2.18. The van der Waals surface area contributed by atoms with Crippen molar-refractivity contribution in [2.24, 2.45) is 0 Å². The van der Waals surface area contributed by atoms with Gasteiger partial charge in [0.05, 0.1) is 6.42 Å². The Morgan fingerprint density at radius 1 is 1.58 bits per heavy atom. The van der Waals surface area contributed by atoms with Gasteiger partial charge in [-0.1, -0.05) is 13.8 Å². The molecule has 0 atom stereocenters. The number of hydrogen-bond donors (Lipinski definition) is 2. The summed E-state index contributed by atoms with van der Waals surface area (Å²) in [5.74, 6) is -0.401. The van der Waals surface area contributed by atoms with Crippen molar-refractivity contribution in [3.05, 3.63) is 23.5 Å². The molecule has 66 valence electrons. The van der Waals surface area contributed by atoms with E-state index in [1.165, 1.54) is 0 Å². The highest BCUT2D eigenvalue weighted by atomic mass is 16.4. The number of aliphatic carboxylic acids is 1. The Balaban J connectivity index is 2.84. The summed E-state index contributed by atoms with van der Waals surface area (Å²) in [7, 11) is 0. The maximum Gasteiger partial charge on any atom is 0.307 e. The summed E-state index contributed by atoms with van der Waals surface area (Å²) >= 11 is 0. The monoisotopic (exact) mass is 167 g/mol. The lowest BCUT2D eigenvalue weighted by atomic mass is 10.0. The number of hydrogen-bond acceptors (Lipinski definition) is 1. The van der Waals surface area contributed by atoms with E-state index in [-0.39, 0.29) is 6.42 Å². The van der Waals surface area contributed by atoms with E-state index in [0.717, 1.165) is 11.1 Å². The van der Waals surface area contributed by atoms with E-state index in [1.807, 2.05) is 6.20 Å². The number of aromatic nitrogens is 1. The molecule has 1 heterocycles. The molecule has 0 spiro atoms. The summed E-state index contributed by atoms with van der Waals surface area (Å²) in [6.07, 6.45) is 3.73. The van der Waals surface area contributed by atoms with Gasteiger partial charge in [-0.3, -0.25) is 4.79 Å². The lowest BCUT2D eigenvalue weighted by Crippen LogP contribution is -2.02. The minimum atomic E-state index is -0.781. The van der Waals surface area contributed by atoms with Crippen LogP contribution in [0.3, 0.4) is 0 Å². The van der Waals surface area contributed by atoms with E-state index >= 15 is 0 Å². The summed E-state index contributed by atoms with van der Waals surface area (Å²) in [4.78, 5) is 13.3. The molecule has 0 aliphatic carbocycles. The van der Waals surface area contributed by atoms with Crippen LogP contribution < -0.4 is 0 Å². The zero-order valence-corrected chi connectivity index (χ0v) is 7.29. The van der Waals surface area contributed by atoms with Gasteiger partial charge in [0.2, 0.25) is 0 Å². The third-order valence-corrected chi connectivity index (χ3v) is 1.83. The lowest BCUT2D eigenvalue weighted by Gasteiger charge is -2.03. The van der Waals surface area contributed by atoms with Gasteiger partial charge in [0.1, 0.15) is 0 Å². The fourth-order valence-electron chi connectivity index (χ4n) is 1.26. The van der Waals surface area contributed by atoms with Gasteiger partial charge in [0, 0.05) is 12.4 Å². The topological polar surface area (TPSA) is 53.1 Å². The van der Waals surface area contributed by atoms with E-state index in [2.05, 4.69) is 18.8 Å². The van der Waals surface area contributed by atoms with Gasteiger partial charge in [-0.05, 0) is 17.0 Å². The average Bonchev–Trinajstić information content (AvgIpc) is 2.33. The zero-order valence-electron chi connectivity index (χ0n) is 7.29. The third-order valence-electron chi connectivity index (χ3n) is 1.83. The van der Waals surface area contributed by atoms with Crippen LogP contribution in [0.2, 0.25) is 0 Å². The first-order chi connectivity index (χ1) is 5.61. The first kappa shape index (κ1) is 8.84. The molecule has 0 amide bonds. The first-order valence-electron chi connectivity index (χ1n) is 3.98. The highest BCUT2D eigenvalue weighted by molar-refractivity contribution is 5.70. The predicted octanol–water partition coefficient (Wildman–Crippen LogP) is 1.77. The van der Waals surface area contributed by atoms with Crippen LogP contribution in [0.4, 0.5) is 0 Å². The number of aromatic amines is 1. The minimum Gasteiger partial charge on any atom is -0.481 e. The Bertz CT molecular complexity index is 276. The number of rotatable bonds is 3. The fraction of sp³-hybridized carbons (Fsp3) is 0.444. The van der Waals surface area contributed by atoms with Crippen LogP contribution >= 0.6 is 0 Å². The van der Waals surface area contributed by atoms with Crippen LogP contribution in [0.15, 0.2) is 12.4 Å². The molecule has 3 nitrogen and oxygen atoms in total. The lowest BCUT2D eigenvalue weighted by molar-refractivity contribution is -0.136. The molecular formula is C9H13NO2. The number of nitrogens with one attached hydrogen (secondary N) is 1. The maximum absolute atomic E-state index is 10.4. The molecule has 0 aliphatic rings. The molecule has 0 fully saturated rings. The normalized spacial score (nSPS) is 10.6. The van der Waals surface area contributed by atoms with Gasteiger partial charge in [-0.15, -0.1) is 0 Å². The van der Waals surface area contributed by atoms with Crippen LogP contribution in [-0.4, -0.2) is 16.1 Å². The molecule has 3 heteroatoms. The predicted molar refractivity (Wildman–Crippen MR) is 46.2 cm³/mol. The minimum absolute atomic E-state index is 0.108. The number of carboxylic acids is 1. The van der Waals surface area contributed by atoms with Crippen molar-refractivity contribution in [2.45, 2.75) is 26.2 Å². The zero-order chi connectivity index (χ0) is 9.14. The van der Waals surface area contributed by atoms with Crippen molar-refractivity contribution in [3.63, 3.8) is 0 Å². The molecule has 0 unspecified atom stereocenters. The standard InChI is InChI=1S/C9H13NO2/c1-6(2)8-5-10-4-7(8)3-9(11)12/h4-6,10H,3H2,1-2H3,(H,11,12). The van der Waals surface area contributed by atoms with Gasteiger partial charge < -0.3 is 10.1 Å². The largest absolute Gasteiger partial charge is 0.481 e. The van der Waals surface area contributed by atoms with E-state index in [9.17, 15) is 4.79 Å². The van der Waals surface area contributed by atoms with E-state index < -0.39 is 5.97 Å². The SMILES string of the molecule is CC(C)c1c[nH]cc1CC(=O)O. The van der Waals surface area contributed by atoms with Crippen molar-refractivity contribution >= 4 is 5.97 Å². The molecule has 2 N–H and O–H groups in total. The van der Waals surface area contributed by atoms with Crippen LogP contribution in [0.25, 0.3) is 0 Å². The molecule has 0 saturated carbocycles. The first-order valence-corrected chi connectivity index (χ1v) is 3.98. The van der Waals surface area contributed by atoms with E-state index in [1.54, 1.807) is 6.20 Å². The highest BCUT2D eigenvalue weighted by Gasteiger charge is 2.09. The van der Waals surface area contributed by atoms with Gasteiger partial charge in [-0.25, -0.2) is 0 Å². The number of carbonyl (C=O) groups is 1. The second-order valence-electron chi connectivity index (χ2n) is 3.16. The van der Waals surface area contributed by atoms with Gasteiger partial charge >= 0.3 is 5.97 Å². The second-order valence-corrected chi connectivity index (χ2v) is 3.16. The maximum atomic E-state index is 10.4. The summed E-state index contributed by atoms with van der Waals surface area (Å²) < 4.78 is 0. The van der Waals surface area contributed by atoms with Crippen LogP contribution in [0.1, 0.15) is 30.9 Å². The molecule has 1 aromatic heterocycles.